The van der Waals surface area contributed by atoms with Gasteiger partial charge in [0.05, 0.1) is 7.11 Å². The summed E-state index contributed by atoms with van der Waals surface area (Å²) in [6, 6.07) is 24.8. The van der Waals surface area contributed by atoms with Crippen molar-refractivity contribution in [3.05, 3.63) is 95.8 Å². The van der Waals surface area contributed by atoms with E-state index in [1.54, 1.807) is 31.0 Å². The Balaban J connectivity index is 1.60. The van der Waals surface area contributed by atoms with Gasteiger partial charge >= 0.3 is 0 Å². The van der Waals surface area contributed by atoms with Gasteiger partial charge in [0.1, 0.15) is 11.6 Å². The second-order valence-electron chi connectivity index (χ2n) is 6.84. The monoisotopic (exact) mass is 419 g/mol. The van der Waals surface area contributed by atoms with Crippen LogP contribution in [0.25, 0.3) is 11.4 Å². The summed E-state index contributed by atoms with van der Waals surface area (Å²) in [6.45, 7) is 0.754. The number of aryl methyl sites for hydroxylation is 1. The smallest absolute Gasteiger partial charge is 0.191 e. The van der Waals surface area contributed by atoms with Gasteiger partial charge in [0.25, 0.3) is 0 Å². The fourth-order valence-corrected chi connectivity index (χ4v) is 4.12. The molecule has 0 radical (unpaired) electrons. The Bertz CT molecular complexity index is 1100. The molecule has 152 valence electrons. The summed E-state index contributed by atoms with van der Waals surface area (Å²) < 4.78 is 20.9. The third kappa shape index (κ3) is 4.89. The lowest BCUT2D eigenvalue weighted by molar-refractivity contribution is 0.415. The number of rotatable bonds is 8. The van der Waals surface area contributed by atoms with Crippen molar-refractivity contribution in [2.75, 3.05) is 7.11 Å². The molecule has 0 spiro atoms. The topological polar surface area (TPSA) is 39.9 Å². The Kier molecular flexibility index (Phi) is 6.44. The zero-order valence-corrected chi connectivity index (χ0v) is 17.5. The van der Waals surface area contributed by atoms with E-state index in [0.717, 1.165) is 40.8 Å². The number of ether oxygens (including phenoxy) is 1. The maximum atomic E-state index is 13.5. The van der Waals surface area contributed by atoms with Gasteiger partial charge in [0, 0.05) is 17.9 Å². The fraction of sp³-hybridized carbons (Fsp3) is 0.167. The van der Waals surface area contributed by atoms with Crippen LogP contribution in [0.2, 0.25) is 0 Å². The summed E-state index contributed by atoms with van der Waals surface area (Å²) in [7, 11) is 1.65. The van der Waals surface area contributed by atoms with Crippen LogP contribution in [0.3, 0.4) is 0 Å². The van der Waals surface area contributed by atoms with Crippen molar-refractivity contribution in [3.8, 4) is 17.1 Å². The Morgan fingerprint density at radius 3 is 2.40 bits per heavy atom. The molecule has 1 heterocycles. The molecule has 0 unspecified atom stereocenters. The number of aromatic nitrogens is 3. The SMILES string of the molecule is COc1ccc(-c2nnc(SCc3cccc(F)c3)n2CCc2ccccc2)cc1. The van der Waals surface area contributed by atoms with Crippen molar-refractivity contribution < 1.29 is 9.13 Å². The van der Waals surface area contributed by atoms with Crippen LogP contribution in [0.5, 0.6) is 5.75 Å². The summed E-state index contributed by atoms with van der Waals surface area (Å²) in [5.74, 6) is 2.02. The van der Waals surface area contributed by atoms with Gasteiger partial charge in [-0.3, -0.25) is 0 Å². The minimum Gasteiger partial charge on any atom is -0.497 e. The molecule has 0 bridgehead atoms. The molecule has 0 aliphatic rings. The number of thioether (sulfide) groups is 1. The third-order valence-corrected chi connectivity index (χ3v) is 5.83. The standard InChI is InChI=1S/C24H22FN3OS/c1-29-22-12-10-20(11-13-22)23-26-27-24(30-17-19-8-5-9-21(25)16-19)28(23)15-14-18-6-3-2-4-7-18/h2-13,16H,14-15,17H2,1H3. The summed E-state index contributed by atoms with van der Waals surface area (Å²) >= 11 is 1.57. The van der Waals surface area contributed by atoms with Crippen LogP contribution in [0.15, 0.2) is 84.0 Å². The average Bonchev–Trinajstić information content (AvgIpc) is 3.20. The molecule has 4 nitrogen and oxygen atoms in total. The second kappa shape index (κ2) is 9.59. The van der Waals surface area contributed by atoms with Crippen LogP contribution in [0, 0.1) is 5.82 Å². The summed E-state index contributed by atoms with van der Waals surface area (Å²) in [5.41, 5.74) is 3.16. The molecule has 6 heteroatoms. The number of benzene rings is 3. The lowest BCUT2D eigenvalue weighted by atomic mass is 10.1. The highest BCUT2D eigenvalue weighted by Gasteiger charge is 2.15. The van der Waals surface area contributed by atoms with Gasteiger partial charge in [-0.2, -0.15) is 0 Å². The van der Waals surface area contributed by atoms with Crippen LogP contribution in [-0.4, -0.2) is 21.9 Å². The van der Waals surface area contributed by atoms with Crippen molar-refractivity contribution in [1.82, 2.24) is 14.8 Å². The molecule has 4 aromatic rings. The molecule has 3 aromatic carbocycles. The van der Waals surface area contributed by atoms with E-state index < -0.39 is 0 Å². The summed E-state index contributed by atoms with van der Waals surface area (Å²) in [4.78, 5) is 0. The molecule has 1 aromatic heterocycles. The van der Waals surface area contributed by atoms with E-state index >= 15 is 0 Å². The van der Waals surface area contributed by atoms with Crippen LogP contribution < -0.4 is 4.74 Å². The van der Waals surface area contributed by atoms with Crippen LogP contribution >= 0.6 is 11.8 Å². The number of nitrogens with zero attached hydrogens (tertiary/aromatic N) is 3. The predicted octanol–water partition coefficient (Wildman–Crippen LogP) is 5.63. The lowest BCUT2D eigenvalue weighted by Crippen LogP contribution is -2.05. The molecule has 0 saturated carbocycles. The van der Waals surface area contributed by atoms with Crippen molar-refractivity contribution in [2.24, 2.45) is 0 Å². The van der Waals surface area contributed by atoms with E-state index in [-0.39, 0.29) is 5.82 Å². The molecule has 4 rings (SSSR count). The lowest BCUT2D eigenvalue weighted by Gasteiger charge is -2.11. The average molecular weight is 420 g/mol. The maximum Gasteiger partial charge on any atom is 0.191 e. The molecule has 30 heavy (non-hydrogen) atoms. The van der Waals surface area contributed by atoms with Gasteiger partial charge in [0.15, 0.2) is 11.0 Å². The van der Waals surface area contributed by atoms with Gasteiger partial charge < -0.3 is 9.30 Å². The Morgan fingerprint density at radius 1 is 0.900 bits per heavy atom. The zero-order chi connectivity index (χ0) is 20.8. The molecular weight excluding hydrogens is 397 g/mol. The van der Waals surface area contributed by atoms with E-state index in [4.69, 9.17) is 4.74 Å². The Morgan fingerprint density at radius 2 is 1.67 bits per heavy atom. The highest BCUT2D eigenvalue weighted by molar-refractivity contribution is 7.98. The number of methoxy groups -OCH3 is 1. The molecule has 0 atom stereocenters. The first-order chi connectivity index (χ1) is 14.7. The van der Waals surface area contributed by atoms with Crippen molar-refractivity contribution in [2.45, 2.75) is 23.9 Å². The van der Waals surface area contributed by atoms with Gasteiger partial charge in [-0.05, 0) is 53.9 Å². The first kappa shape index (κ1) is 20.2. The van der Waals surface area contributed by atoms with E-state index in [9.17, 15) is 4.39 Å². The molecule has 0 fully saturated rings. The van der Waals surface area contributed by atoms with E-state index in [1.807, 2.05) is 48.5 Å². The minimum absolute atomic E-state index is 0.224. The third-order valence-electron chi connectivity index (χ3n) is 4.79. The van der Waals surface area contributed by atoms with E-state index in [0.29, 0.717) is 5.75 Å². The number of hydrogen-bond donors (Lipinski definition) is 0. The van der Waals surface area contributed by atoms with Gasteiger partial charge in [-0.1, -0.05) is 54.2 Å². The molecule has 0 saturated heterocycles. The van der Waals surface area contributed by atoms with Crippen LogP contribution in [0.4, 0.5) is 4.39 Å². The van der Waals surface area contributed by atoms with Crippen molar-refractivity contribution >= 4 is 11.8 Å². The number of hydrogen-bond acceptors (Lipinski definition) is 4. The second-order valence-corrected chi connectivity index (χ2v) is 7.78. The summed E-state index contributed by atoms with van der Waals surface area (Å²) in [6.07, 6.45) is 0.871. The molecule has 0 aliphatic heterocycles. The maximum absolute atomic E-state index is 13.5. The molecule has 0 amide bonds. The summed E-state index contributed by atoms with van der Waals surface area (Å²) in [5, 5.41) is 9.72. The minimum atomic E-state index is -0.224. The Labute approximate surface area is 179 Å². The largest absolute Gasteiger partial charge is 0.497 e. The van der Waals surface area contributed by atoms with Crippen LogP contribution in [-0.2, 0) is 18.7 Å². The molecule has 0 aliphatic carbocycles. The zero-order valence-electron chi connectivity index (χ0n) is 16.7. The Hall–Kier alpha value is -3.12. The van der Waals surface area contributed by atoms with Gasteiger partial charge in [0.2, 0.25) is 0 Å². The quantitative estimate of drug-likeness (QED) is 0.347. The predicted molar refractivity (Wildman–Crippen MR) is 118 cm³/mol. The van der Waals surface area contributed by atoms with Crippen molar-refractivity contribution in [3.63, 3.8) is 0 Å². The molecule has 0 N–H and O–H groups in total. The highest BCUT2D eigenvalue weighted by Crippen LogP contribution is 2.28. The molecular formula is C24H22FN3OS. The van der Waals surface area contributed by atoms with Gasteiger partial charge in [-0.15, -0.1) is 10.2 Å². The van der Waals surface area contributed by atoms with E-state index in [1.165, 1.54) is 11.6 Å². The fourth-order valence-electron chi connectivity index (χ4n) is 3.21. The van der Waals surface area contributed by atoms with Gasteiger partial charge in [-0.25, -0.2) is 4.39 Å². The van der Waals surface area contributed by atoms with Crippen LogP contribution in [0.1, 0.15) is 11.1 Å². The normalized spacial score (nSPS) is 10.9. The van der Waals surface area contributed by atoms with E-state index in [2.05, 4.69) is 26.9 Å². The number of halogens is 1. The van der Waals surface area contributed by atoms with Crippen molar-refractivity contribution in [1.29, 1.82) is 0 Å². The first-order valence-electron chi connectivity index (χ1n) is 9.72. The highest BCUT2D eigenvalue weighted by atomic mass is 32.2. The first-order valence-corrected chi connectivity index (χ1v) is 10.7.